The first-order chi connectivity index (χ1) is 9.29. The van der Waals surface area contributed by atoms with Crippen LogP contribution in [0, 0.1) is 5.41 Å². The first kappa shape index (κ1) is 13.5. The molecule has 0 radical (unpaired) electrons. The van der Waals surface area contributed by atoms with Gasteiger partial charge in [0, 0.05) is 18.1 Å². The van der Waals surface area contributed by atoms with E-state index < -0.39 is 0 Å². The van der Waals surface area contributed by atoms with Gasteiger partial charge in [0.05, 0.1) is 6.20 Å². The Hall–Kier alpha value is -1.89. The molecule has 0 unspecified atom stereocenters. The maximum atomic E-state index is 7.76. The van der Waals surface area contributed by atoms with Gasteiger partial charge in [0.2, 0.25) is 5.96 Å². The Morgan fingerprint density at radius 3 is 3.05 bits per heavy atom. The average molecular weight is 278 g/mol. The molecule has 2 aromatic rings. The molecule has 0 amide bonds. The maximum absolute atomic E-state index is 7.76. The van der Waals surface area contributed by atoms with Gasteiger partial charge in [0.25, 0.3) is 0 Å². The summed E-state index contributed by atoms with van der Waals surface area (Å²) in [6.07, 6.45) is 8.65. The predicted molar refractivity (Wildman–Crippen MR) is 78.0 cm³/mol. The molecule has 0 aromatic carbocycles. The Bertz CT molecular complexity index is 504. The van der Waals surface area contributed by atoms with E-state index in [-0.39, 0.29) is 5.96 Å². The average Bonchev–Trinajstić information content (AvgIpc) is 3.04. The van der Waals surface area contributed by atoms with Gasteiger partial charge in [-0.3, -0.25) is 10.8 Å². The standard InChI is InChI=1S/C12H18N6S/c1-2-3-4-5-15-12(13)17-18-8-10(16-9-18)11-14-6-7-19-11/h6-9H,2-5H2,1H3,(H3,13,15,17). The zero-order valence-corrected chi connectivity index (χ0v) is 11.7. The number of nitrogens with one attached hydrogen (secondary N) is 3. The number of imidazole rings is 1. The van der Waals surface area contributed by atoms with Crippen molar-refractivity contribution < 1.29 is 0 Å². The summed E-state index contributed by atoms with van der Waals surface area (Å²) in [4.78, 5) is 8.44. The van der Waals surface area contributed by atoms with E-state index in [1.165, 1.54) is 12.8 Å². The number of guanidine groups is 1. The van der Waals surface area contributed by atoms with Crippen molar-refractivity contribution in [3.8, 4) is 10.7 Å². The monoisotopic (exact) mass is 278 g/mol. The van der Waals surface area contributed by atoms with Crippen molar-refractivity contribution >= 4 is 17.3 Å². The smallest absolute Gasteiger partial charge is 0.207 e. The Labute approximate surface area is 116 Å². The van der Waals surface area contributed by atoms with Crippen LogP contribution in [0.5, 0.6) is 0 Å². The number of hydrogen-bond acceptors (Lipinski definition) is 4. The Morgan fingerprint density at radius 2 is 2.32 bits per heavy atom. The molecule has 2 rings (SSSR count). The molecule has 19 heavy (non-hydrogen) atoms. The summed E-state index contributed by atoms with van der Waals surface area (Å²) in [6, 6.07) is 0. The van der Waals surface area contributed by atoms with Gasteiger partial charge in [-0.1, -0.05) is 19.8 Å². The molecule has 0 bridgehead atoms. The van der Waals surface area contributed by atoms with E-state index in [1.807, 2.05) is 11.6 Å². The van der Waals surface area contributed by atoms with Crippen LogP contribution in [0.4, 0.5) is 0 Å². The van der Waals surface area contributed by atoms with Crippen LogP contribution in [0.3, 0.4) is 0 Å². The lowest BCUT2D eigenvalue weighted by molar-refractivity contribution is 0.690. The molecule has 0 atom stereocenters. The van der Waals surface area contributed by atoms with Crippen LogP contribution in [0.15, 0.2) is 24.1 Å². The Balaban J connectivity index is 1.81. The summed E-state index contributed by atoms with van der Waals surface area (Å²) in [5.41, 5.74) is 3.71. The van der Waals surface area contributed by atoms with Gasteiger partial charge in [-0.25, -0.2) is 14.6 Å². The summed E-state index contributed by atoms with van der Waals surface area (Å²) in [5.74, 6) is 0.277. The van der Waals surface area contributed by atoms with Crippen LogP contribution in [0.2, 0.25) is 0 Å². The van der Waals surface area contributed by atoms with Gasteiger partial charge in [0.15, 0.2) is 0 Å². The number of unbranched alkanes of at least 4 members (excludes halogenated alkanes) is 2. The third-order valence-electron chi connectivity index (χ3n) is 2.56. The molecule has 0 fully saturated rings. The summed E-state index contributed by atoms with van der Waals surface area (Å²) in [6.45, 7) is 2.98. The molecule has 0 saturated heterocycles. The normalized spacial score (nSPS) is 10.4. The number of aromatic nitrogens is 3. The van der Waals surface area contributed by atoms with E-state index in [1.54, 1.807) is 28.5 Å². The fourth-order valence-electron chi connectivity index (χ4n) is 1.60. The molecule has 0 saturated carbocycles. The highest BCUT2D eigenvalue weighted by atomic mass is 32.1. The lowest BCUT2D eigenvalue weighted by atomic mass is 10.2. The van der Waals surface area contributed by atoms with Gasteiger partial charge < -0.3 is 5.32 Å². The lowest BCUT2D eigenvalue weighted by Crippen LogP contribution is -2.34. The largest absolute Gasteiger partial charge is 0.355 e. The molecule has 7 heteroatoms. The molecule has 0 spiro atoms. The van der Waals surface area contributed by atoms with Crippen molar-refractivity contribution in [2.75, 3.05) is 12.0 Å². The van der Waals surface area contributed by atoms with E-state index in [0.29, 0.717) is 0 Å². The Morgan fingerprint density at radius 1 is 1.42 bits per heavy atom. The van der Waals surface area contributed by atoms with E-state index in [2.05, 4.69) is 27.6 Å². The minimum atomic E-state index is 0.277. The summed E-state index contributed by atoms with van der Waals surface area (Å²) >= 11 is 1.54. The molecule has 2 heterocycles. The predicted octanol–water partition coefficient (Wildman–Crippen LogP) is 2.26. The zero-order chi connectivity index (χ0) is 13.5. The van der Waals surface area contributed by atoms with Crippen LogP contribution >= 0.6 is 11.3 Å². The highest BCUT2D eigenvalue weighted by Gasteiger charge is 2.04. The van der Waals surface area contributed by atoms with E-state index >= 15 is 0 Å². The second-order valence-electron chi connectivity index (χ2n) is 4.12. The van der Waals surface area contributed by atoms with Gasteiger partial charge in [-0.05, 0) is 6.42 Å². The van der Waals surface area contributed by atoms with Crippen LogP contribution in [0.1, 0.15) is 26.2 Å². The van der Waals surface area contributed by atoms with Crippen molar-refractivity contribution in [2.24, 2.45) is 0 Å². The van der Waals surface area contributed by atoms with Crippen LogP contribution < -0.4 is 10.7 Å². The molecular weight excluding hydrogens is 260 g/mol. The molecule has 102 valence electrons. The molecule has 2 aromatic heterocycles. The SMILES string of the molecule is CCCCCNC(=N)Nn1cnc(-c2nccs2)c1. The zero-order valence-electron chi connectivity index (χ0n) is 10.9. The number of hydrogen-bond donors (Lipinski definition) is 3. The molecule has 6 nitrogen and oxygen atoms in total. The van der Waals surface area contributed by atoms with Gasteiger partial charge >= 0.3 is 0 Å². The third kappa shape index (κ3) is 4.06. The van der Waals surface area contributed by atoms with E-state index in [4.69, 9.17) is 5.41 Å². The molecule has 0 aliphatic rings. The van der Waals surface area contributed by atoms with Crippen molar-refractivity contribution in [3.05, 3.63) is 24.1 Å². The highest BCUT2D eigenvalue weighted by Crippen LogP contribution is 2.18. The van der Waals surface area contributed by atoms with Crippen molar-refractivity contribution in [1.29, 1.82) is 5.41 Å². The van der Waals surface area contributed by atoms with Crippen molar-refractivity contribution in [1.82, 2.24) is 20.0 Å². The number of thiazole rings is 1. The summed E-state index contributed by atoms with van der Waals surface area (Å²) < 4.78 is 1.66. The number of rotatable bonds is 6. The van der Waals surface area contributed by atoms with Crippen molar-refractivity contribution in [2.45, 2.75) is 26.2 Å². The minimum Gasteiger partial charge on any atom is -0.355 e. The van der Waals surface area contributed by atoms with Crippen molar-refractivity contribution in [3.63, 3.8) is 0 Å². The second kappa shape index (κ2) is 6.89. The second-order valence-corrected chi connectivity index (χ2v) is 5.02. The van der Waals surface area contributed by atoms with E-state index in [0.717, 1.165) is 23.7 Å². The molecular formula is C12H18N6S. The molecule has 0 aliphatic carbocycles. The first-order valence-corrected chi connectivity index (χ1v) is 7.21. The first-order valence-electron chi connectivity index (χ1n) is 6.33. The van der Waals surface area contributed by atoms with Crippen LogP contribution in [0.25, 0.3) is 10.7 Å². The molecule has 3 N–H and O–H groups in total. The summed E-state index contributed by atoms with van der Waals surface area (Å²) in [7, 11) is 0. The minimum absolute atomic E-state index is 0.277. The topological polar surface area (TPSA) is 78.6 Å². The maximum Gasteiger partial charge on any atom is 0.207 e. The van der Waals surface area contributed by atoms with Gasteiger partial charge in [0.1, 0.15) is 17.0 Å². The lowest BCUT2D eigenvalue weighted by Gasteiger charge is -2.09. The van der Waals surface area contributed by atoms with Gasteiger partial charge in [-0.2, -0.15) is 0 Å². The number of nitrogens with zero attached hydrogens (tertiary/aromatic N) is 3. The highest BCUT2D eigenvalue weighted by molar-refractivity contribution is 7.13. The van der Waals surface area contributed by atoms with Gasteiger partial charge in [-0.15, -0.1) is 11.3 Å². The van der Waals surface area contributed by atoms with Crippen LogP contribution in [-0.2, 0) is 0 Å². The third-order valence-corrected chi connectivity index (χ3v) is 3.35. The van der Waals surface area contributed by atoms with E-state index in [9.17, 15) is 0 Å². The molecule has 0 aliphatic heterocycles. The van der Waals surface area contributed by atoms with Crippen LogP contribution in [-0.4, -0.2) is 27.1 Å². The fraction of sp³-hybridized carbons (Fsp3) is 0.417. The quantitative estimate of drug-likeness (QED) is 0.430. The fourth-order valence-corrected chi connectivity index (χ4v) is 2.20. The Kier molecular flexibility index (Phi) is 4.91. The summed E-state index contributed by atoms with van der Waals surface area (Å²) in [5, 5.41) is 13.6.